The molecule has 5 heteroatoms. The van der Waals surface area contributed by atoms with Gasteiger partial charge in [-0.2, -0.15) is 0 Å². The van der Waals surface area contributed by atoms with E-state index in [1.165, 1.54) is 25.8 Å². The van der Waals surface area contributed by atoms with E-state index in [0.29, 0.717) is 11.9 Å². The molecule has 0 aromatic carbocycles. The summed E-state index contributed by atoms with van der Waals surface area (Å²) in [5, 5.41) is 0. The molecule has 5 nitrogen and oxygen atoms in total. The summed E-state index contributed by atoms with van der Waals surface area (Å²) in [4.78, 5) is 10.9. The van der Waals surface area contributed by atoms with Gasteiger partial charge in [0.15, 0.2) is 0 Å². The van der Waals surface area contributed by atoms with Gasteiger partial charge in [-0.15, -0.1) is 0 Å². The first kappa shape index (κ1) is 13.1. The molecular formula is C15H21N5. The summed E-state index contributed by atoms with van der Waals surface area (Å²) in [6.07, 6.45) is 9.35. The standard InChI is InChI=1S/C15H21N5/c1-19-8-3-2-5-12(19)10-20-11-17-9-14(20)13-6-4-7-18-15(13)16/h4,6-7,9,11-12H,2-3,5,8,10H2,1H3,(H2,16,18). The molecule has 1 fully saturated rings. The Hall–Kier alpha value is -1.88. The highest BCUT2D eigenvalue weighted by molar-refractivity contribution is 5.70. The third kappa shape index (κ3) is 2.54. The fraction of sp³-hybridized carbons (Fsp3) is 0.467. The van der Waals surface area contributed by atoms with E-state index in [9.17, 15) is 0 Å². The number of imidazole rings is 1. The van der Waals surface area contributed by atoms with Gasteiger partial charge in [-0.1, -0.05) is 6.42 Å². The number of nitrogens with two attached hydrogens (primary N) is 1. The average molecular weight is 271 g/mol. The molecule has 3 rings (SSSR count). The minimum absolute atomic E-state index is 0.561. The number of aromatic nitrogens is 3. The van der Waals surface area contributed by atoms with Gasteiger partial charge in [0.05, 0.1) is 18.2 Å². The van der Waals surface area contributed by atoms with E-state index < -0.39 is 0 Å². The Bertz CT molecular complexity index is 577. The van der Waals surface area contributed by atoms with E-state index in [1.54, 1.807) is 6.20 Å². The number of nitrogens with zero attached hydrogens (tertiary/aromatic N) is 4. The van der Waals surface area contributed by atoms with Crippen molar-refractivity contribution in [2.75, 3.05) is 19.3 Å². The maximum atomic E-state index is 5.98. The van der Waals surface area contributed by atoms with Crippen LogP contribution in [0.1, 0.15) is 19.3 Å². The molecule has 1 atom stereocenters. The molecule has 3 heterocycles. The van der Waals surface area contributed by atoms with Crippen molar-refractivity contribution >= 4 is 5.82 Å². The SMILES string of the molecule is CN1CCCCC1Cn1cncc1-c1cccnc1N. The Balaban J connectivity index is 1.85. The Morgan fingerprint density at radius 3 is 3.10 bits per heavy atom. The van der Waals surface area contributed by atoms with Crippen molar-refractivity contribution in [3.05, 3.63) is 30.9 Å². The van der Waals surface area contributed by atoms with Crippen LogP contribution < -0.4 is 5.73 Å². The van der Waals surface area contributed by atoms with Crippen molar-refractivity contribution in [2.24, 2.45) is 0 Å². The van der Waals surface area contributed by atoms with Gasteiger partial charge in [-0.05, 0) is 38.6 Å². The monoisotopic (exact) mass is 271 g/mol. The summed E-state index contributed by atoms with van der Waals surface area (Å²) in [7, 11) is 2.21. The van der Waals surface area contributed by atoms with Crippen molar-refractivity contribution < 1.29 is 0 Å². The smallest absolute Gasteiger partial charge is 0.132 e. The predicted octanol–water partition coefficient (Wildman–Crippen LogP) is 2.01. The lowest BCUT2D eigenvalue weighted by molar-refractivity contribution is 0.168. The summed E-state index contributed by atoms with van der Waals surface area (Å²) in [6.45, 7) is 2.14. The minimum Gasteiger partial charge on any atom is -0.383 e. The number of piperidine rings is 1. The van der Waals surface area contributed by atoms with Gasteiger partial charge in [0, 0.05) is 24.3 Å². The first-order valence-electron chi connectivity index (χ1n) is 7.17. The van der Waals surface area contributed by atoms with Gasteiger partial charge in [0.2, 0.25) is 0 Å². The van der Waals surface area contributed by atoms with Gasteiger partial charge in [0.1, 0.15) is 5.82 Å². The van der Waals surface area contributed by atoms with Crippen LogP contribution in [-0.4, -0.2) is 39.1 Å². The fourth-order valence-corrected chi connectivity index (χ4v) is 2.93. The predicted molar refractivity (Wildman–Crippen MR) is 80.1 cm³/mol. The molecule has 0 bridgehead atoms. The molecule has 1 aliphatic rings. The summed E-state index contributed by atoms with van der Waals surface area (Å²) in [5.74, 6) is 0.561. The third-order valence-electron chi connectivity index (χ3n) is 4.16. The van der Waals surface area contributed by atoms with Gasteiger partial charge in [0.25, 0.3) is 0 Å². The van der Waals surface area contributed by atoms with Gasteiger partial charge in [-0.3, -0.25) is 0 Å². The second kappa shape index (κ2) is 5.63. The zero-order valence-electron chi connectivity index (χ0n) is 11.9. The number of likely N-dealkylation sites (tertiary alicyclic amines) is 1. The summed E-state index contributed by atoms with van der Waals surface area (Å²) >= 11 is 0. The Morgan fingerprint density at radius 1 is 1.40 bits per heavy atom. The van der Waals surface area contributed by atoms with Crippen LogP contribution in [0.2, 0.25) is 0 Å². The number of nitrogen functional groups attached to an aromatic ring is 1. The quantitative estimate of drug-likeness (QED) is 0.927. The third-order valence-corrected chi connectivity index (χ3v) is 4.16. The molecule has 1 unspecified atom stereocenters. The molecule has 106 valence electrons. The lowest BCUT2D eigenvalue weighted by Gasteiger charge is -2.33. The number of hydrogen-bond acceptors (Lipinski definition) is 4. The molecule has 1 aliphatic heterocycles. The number of hydrogen-bond donors (Lipinski definition) is 1. The first-order valence-corrected chi connectivity index (χ1v) is 7.17. The molecule has 0 amide bonds. The lowest BCUT2D eigenvalue weighted by Crippen LogP contribution is -2.39. The highest BCUT2D eigenvalue weighted by Gasteiger charge is 2.20. The molecule has 0 saturated carbocycles. The van der Waals surface area contributed by atoms with Gasteiger partial charge >= 0.3 is 0 Å². The zero-order chi connectivity index (χ0) is 13.9. The van der Waals surface area contributed by atoms with Crippen LogP contribution in [0, 0.1) is 0 Å². The van der Waals surface area contributed by atoms with Crippen molar-refractivity contribution in [2.45, 2.75) is 31.8 Å². The van der Waals surface area contributed by atoms with Crippen molar-refractivity contribution in [3.63, 3.8) is 0 Å². The Kier molecular flexibility index (Phi) is 3.69. The molecule has 2 aromatic rings. The average Bonchev–Trinajstić information content (AvgIpc) is 2.90. The minimum atomic E-state index is 0.561. The van der Waals surface area contributed by atoms with E-state index in [4.69, 9.17) is 5.73 Å². The Labute approximate surface area is 119 Å². The van der Waals surface area contributed by atoms with Crippen molar-refractivity contribution in [1.29, 1.82) is 0 Å². The largest absolute Gasteiger partial charge is 0.383 e. The Morgan fingerprint density at radius 2 is 2.30 bits per heavy atom. The van der Waals surface area contributed by atoms with Gasteiger partial charge in [-0.25, -0.2) is 9.97 Å². The van der Waals surface area contributed by atoms with E-state index >= 15 is 0 Å². The topological polar surface area (TPSA) is 60.0 Å². The second-order valence-corrected chi connectivity index (χ2v) is 5.50. The van der Waals surface area contributed by atoms with Gasteiger partial charge < -0.3 is 15.2 Å². The first-order chi connectivity index (χ1) is 9.75. The lowest BCUT2D eigenvalue weighted by atomic mass is 10.0. The number of anilines is 1. The molecule has 2 aromatic heterocycles. The van der Waals surface area contributed by atoms with Crippen LogP contribution >= 0.6 is 0 Å². The fourth-order valence-electron chi connectivity index (χ4n) is 2.93. The van der Waals surface area contributed by atoms with Crippen LogP contribution in [0.15, 0.2) is 30.9 Å². The summed E-state index contributed by atoms with van der Waals surface area (Å²) < 4.78 is 2.19. The second-order valence-electron chi connectivity index (χ2n) is 5.50. The van der Waals surface area contributed by atoms with E-state index in [2.05, 4.69) is 26.5 Å². The molecule has 20 heavy (non-hydrogen) atoms. The number of likely N-dealkylation sites (N-methyl/N-ethyl adjacent to an activating group) is 1. The highest BCUT2D eigenvalue weighted by Crippen LogP contribution is 2.25. The van der Waals surface area contributed by atoms with Crippen LogP contribution in [0.25, 0.3) is 11.3 Å². The van der Waals surface area contributed by atoms with E-state index in [0.717, 1.165) is 17.8 Å². The van der Waals surface area contributed by atoms with E-state index in [1.807, 2.05) is 24.7 Å². The summed E-state index contributed by atoms with van der Waals surface area (Å²) in [5.41, 5.74) is 7.99. The number of rotatable bonds is 3. The summed E-state index contributed by atoms with van der Waals surface area (Å²) in [6, 6.07) is 4.49. The maximum absolute atomic E-state index is 5.98. The zero-order valence-corrected chi connectivity index (χ0v) is 11.9. The van der Waals surface area contributed by atoms with Crippen LogP contribution in [-0.2, 0) is 6.54 Å². The van der Waals surface area contributed by atoms with Crippen LogP contribution in [0.4, 0.5) is 5.82 Å². The van der Waals surface area contributed by atoms with E-state index in [-0.39, 0.29) is 0 Å². The van der Waals surface area contributed by atoms with Crippen molar-refractivity contribution in [1.82, 2.24) is 19.4 Å². The van der Waals surface area contributed by atoms with Crippen LogP contribution in [0.3, 0.4) is 0 Å². The normalized spacial score (nSPS) is 20.1. The molecule has 2 N–H and O–H groups in total. The molecule has 0 spiro atoms. The molecule has 0 radical (unpaired) electrons. The molecule has 0 aliphatic carbocycles. The number of pyridine rings is 1. The van der Waals surface area contributed by atoms with Crippen molar-refractivity contribution in [3.8, 4) is 11.3 Å². The molecular weight excluding hydrogens is 250 g/mol. The molecule has 1 saturated heterocycles. The highest BCUT2D eigenvalue weighted by atomic mass is 15.2. The van der Waals surface area contributed by atoms with Crippen LogP contribution in [0.5, 0.6) is 0 Å². The maximum Gasteiger partial charge on any atom is 0.132 e.